The molecule has 5 heteroatoms. The minimum Gasteiger partial charge on any atom is -0.508 e. The largest absolute Gasteiger partial charge is 0.508 e. The predicted octanol–water partition coefficient (Wildman–Crippen LogP) is 4.08. The topological polar surface area (TPSA) is 87.0 Å². The lowest BCUT2D eigenvalue weighted by Gasteiger charge is -2.17. The summed E-state index contributed by atoms with van der Waals surface area (Å²) in [6.07, 6.45) is 4.76. The van der Waals surface area contributed by atoms with Crippen LogP contribution in [-0.4, -0.2) is 27.4 Å². The van der Waals surface area contributed by atoms with E-state index >= 15 is 0 Å². The van der Waals surface area contributed by atoms with Crippen LogP contribution < -0.4 is 0 Å². The molecule has 0 radical (unpaired) electrons. The predicted molar refractivity (Wildman–Crippen MR) is 99.3 cm³/mol. The van der Waals surface area contributed by atoms with Crippen LogP contribution in [0.2, 0.25) is 0 Å². The van der Waals surface area contributed by atoms with Crippen molar-refractivity contribution < 1.29 is 24.9 Å². The van der Waals surface area contributed by atoms with Crippen LogP contribution in [0.15, 0.2) is 42.5 Å². The van der Waals surface area contributed by atoms with E-state index in [-0.39, 0.29) is 29.3 Å². The Morgan fingerprint density at radius 2 is 1.58 bits per heavy atom. The van der Waals surface area contributed by atoms with Crippen molar-refractivity contribution in [3.05, 3.63) is 53.6 Å². The molecule has 26 heavy (non-hydrogen) atoms. The van der Waals surface area contributed by atoms with Crippen LogP contribution in [0, 0.1) is 0 Å². The fourth-order valence-corrected chi connectivity index (χ4v) is 2.91. The molecule has 2 aromatic carbocycles. The molecule has 0 aliphatic carbocycles. The van der Waals surface area contributed by atoms with Crippen molar-refractivity contribution in [3.63, 3.8) is 0 Å². The molecule has 1 atom stereocenters. The number of rotatable bonds is 9. The van der Waals surface area contributed by atoms with Gasteiger partial charge in [-0.1, -0.05) is 18.2 Å². The van der Waals surface area contributed by atoms with Gasteiger partial charge in [-0.2, -0.15) is 0 Å². The summed E-state index contributed by atoms with van der Waals surface area (Å²) in [4.78, 5) is 11.3. The average Bonchev–Trinajstić information content (AvgIpc) is 2.60. The second-order valence-electron chi connectivity index (χ2n) is 6.51. The van der Waals surface area contributed by atoms with E-state index in [1.54, 1.807) is 18.2 Å². The highest BCUT2D eigenvalue weighted by molar-refractivity contribution is 5.66. The number of phenolic OH excluding ortho intramolecular Hbond substituents is 3. The Morgan fingerprint density at radius 1 is 0.885 bits per heavy atom. The van der Waals surface area contributed by atoms with Crippen molar-refractivity contribution >= 4 is 5.97 Å². The Kier molecular flexibility index (Phi) is 7.33. The molecule has 0 saturated carbocycles. The van der Waals surface area contributed by atoms with Crippen molar-refractivity contribution in [3.8, 4) is 17.2 Å². The van der Waals surface area contributed by atoms with E-state index < -0.39 is 0 Å². The van der Waals surface area contributed by atoms with Gasteiger partial charge in [0, 0.05) is 6.92 Å². The molecule has 0 aliphatic rings. The Morgan fingerprint density at radius 3 is 2.23 bits per heavy atom. The van der Waals surface area contributed by atoms with Crippen molar-refractivity contribution in [2.45, 2.75) is 51.6 Å². The number of unbranched alkanes of at least 4 members (excludes halogenated alkanes) is 1. The summed E-state index contributed by atoms with van der Waals surface area (Å²) in [7, 11) is 0. The van der Waals surface area contributed by atoms with E-state index in [1.807, 2.05) is 12.1 Å². The van der Waals surface area contributed by atoms with Gasteiger partial charge in [-0.05, 0) is 73.9 Å². The molecule has 0 bridgehead atoms. The number of hydrogen-bond donors (Lipinski definition) is 3. The van der Waals surface area contributed by atoms with Crippen molar-refractivity contribution in [2.24, 2.45) is 0 Å². The lowest BCUT2D eigenvalue weighted by Crippen LogP contribution is -2.17. The van der Waals surface area contributed by atoms with Gasteiger partial charge >= 0.3 is 5.97 Å². The smallest absolute Gasteiger partial charge is 0.302 e. The second-order valence-corrected chi connectivity index (χ2v) is 6.51. The molecule has 2 rings (SSSR count). The molecule has 0 aromatic heterocycles. The van der Waals surface area contributed by atoms with Gasteiger partial charge in [0.2, 0.25) is 0 Å². The molecule has 0 unspecified atom stereocenters. The summed E-state index contributed by atoms with van der Waals surface area (Å²) in [5.41, 5.74) is 2.06. The van der Waals surface area contributed by atoms with Crippen molar-refractivity contribution in [2.75, 3.05) is 0 Å². The van der Waals surface area contributed by atoms with Gasteiger partial charge < -0.3 is 20.1 Å². The average molecular weight is 358 g/mol. The minimum absolute atomic E-state index is 0.138. The number of carbonyl (C=O) groups excluding carboxylic acids is 1. The molecule has 5 nitrogen and oxygen atoms in total. The number of phenols is 3. The number of ether oxygens (including phenoxy) is 1. The van der Waals surface area contributed by atoms with Crippen LogP contribution in [0.5, 0.6) is 17.2 Å². The molecule has 0 heterocycles. The van der Waals surface area contributed by atoms with Crippen LogP contribution >= 0.6 is 0 Å². The van der Waals surface area contributed by atoms with Crippen LogP contribution in [0.3, 0.4) is 0 Å². The fourth-order valence-electron chi connectivity index (χ4n) is 2.91. The van der Waals surface area contributed by atoms with Crippen LogP contribution in [0.4, 0.5) is 0 Å². The Bertz CT molecular complexity index is 709. The maximum atomic E-state index is 11.3. The summed E-state index contributed by atoms with van der Waals surface area (Å²) in [5, 5.41) is 28.2. The van der Waals surface area contributed by atoms with Crippen LogP contribution in [0.25, 0.3) is 0 Å². The highest BCUT2D eigenvalue weighted by Gasteiger charge is 2.13. The third-order valence-electron chi connectivity index (χ3n) is 4.31. The van der Waals surface area contributed by atoms with E-state index in [4.69, 9.17) is 4.74 Å². The molecule has 2 aromatic rings. The Labute approximate surface area is 153 Å². The van der Waals surface area contributed by atoms with Crippen LogP contribution in [-0.2, 0) is 22.4 Å². The first-order valence-corrected chi connectivity index (χ1v) is 8.90. The fraction of sp³-hybridized carbons (Fsp3) is 0.381. The normalized spacial score (nSPS) is 11.9. The first kappa shape index (κ1) is 19.6. The van der Waals surface area contributed by atoms with Gasteiger partial charge in [-0.3, -0.25) is 4.79 Å². The van der Waals surface area contributed by atoms with Gasteiger partial charge in [0.1, 0.15) is 11.9 Å². The van der Waals surface area contributed by atoms with Gasteiger partial charge in [0.05, 0.1) is 0 Å². The molecule has 0 spiro atoms. The monoisotopic (exact) mass is 358 g/mol. The number of benzene rings is 2. The van der Waals surface area contributed by atoms with Gasteiger partial charge in [0.25, 0.3) is 0 Å². The van der Waals surface area contributed by atoms with Crippen molar-refractivity contribution in [1.29, 1.82) is 0 Å². The number of hydrogen-bond acceptors (Lipinski definition) is 5. The summed E-state index contributed by atoms with van der Waals surface area (Å²) < 4.78 is 5.41. The summed E-state index contributed by atoms with van der Waals surface area (Å²) in [5.74, 6) is -0.300. The molecular weight excluding hydrogens is 332 g/mol. The standard InChI is InChI=1S/C21H26O5/c1-15(22)26-19(12-8-17-9-13-20(24)21(25)14-17)5-3-2-4-16-6-10-18(23)11-7-16/h6-7,9-11,13-14,19,23-25H,2-5,8,12H2,1H3/t19-/m0/s1. The molecule has 0 aliphatic heterocycles. The van der Waals surface area contributed by atoms with Gasteiger partial charge in [-0.25, -0.2) is 0 Å². The highest BCUT2D eigenvalue weighted by atomic mass is 16.5. The molecule has 140 valence electrons. The lowest BCUT2D eigenvalue weighted by molar-refractivity contribution is -0.147. The zero-order chi connectivity index (χ0) is 18.9. The third-order valence-corrected chi connectivity index (χ3v) is 4.31. The molecule has 3 N–H and O–H groups in total. The molecular formula is C21H26O5. The minimum atomic E-state index is -0.290. The second kappa shape index (κ2) is 9.70. The maximum absolute atomic E-state index is 11.3. The first-order valence-electron chi connectivity index (χ1n) is 8.90. The summed E-state index contributed by atoms with van der Waals surface area (Å²) in [6.45, 7) is 1.41. The van der Waals surface area contributed by atoms with Gasteiger partial charge in [0.15, 0.2) is 11.5 Å². The lowest BCUT2D eigenvalue weighted by atomic mass is 10.0. The van der Waals surface area contributed by atoms with E-state index in [0.717, 1.165) is 31.2 Å². The summed E-state index contributed by atoms with van der Waals surface area (Å²) >= 11 is 0. The zero-order valence-electron chi connectivity index (χ0n) is 15.0. The quantitative estimate of drug-likeness (QED) is 0.357. The third kappa shape index (κ3) is 6.67. The summed E-state index contributed by atoms with van der Waals surface area (Å²) in [6, 6.07) is 11.9. The Hall–Kier alpha value is -2.69. The first-order chi connectivity index (χ1) is 12.4. The number of carbonyl (C=O) groups is 1. The van der Waals surface area contributed by atoms with Gasteiger partial charge in [-0.15, -0.1) is 0 Å². The van der Waals surface area contributed by atoms with E-state index in [1.165, 1.54) is 24.6 Å². The van der Waals surface area contributed by atoms with Crippen LogP contribution in [0.1, 0.15) is 43.7 Å². The molecule has 0 amide bonds. The van der Waals surface area contributed by atoms with E-state index in [9.17, 15) is 20.1 Å². The molecule has 0 saturated heterocycles. The zero-order valence-corrected chi connectivity index (χ0v) is 15.0. The number of aromatic hydroxyl groups is 3. The Balaban J connectivity index is 1.79. The molecule has 0 fully saturated rings. The SMILES string of the molecule is CC(=O)O[C@@H](CCCCc1ccc(O)cc1)CCc1ccc(O)c(O)c1. The number of aryl methyl sites for hydroxylation is 2. The highest BCUT2D eigenvalue weighted by Crippen LogP contribution is 2.26. The van der Waals surface area contributed by atoms with Crippen molar-refractivity contribution in [1.82, 2.24) is 0 Å². The van der Waals surface area contributed by atoms with E-state index in [0.29, 0.717) is 12.8 Å². The van der Waals surface area contributed by atoms with E-state index in [2.05, 4.69) is 0 Å². The maximum Gasteiger partial charge on any atom is 0.302 e. The number of esters is 1.